The van der Waals surface area contributed by atoms with Crippen molar-refractivity contribution < 1.29 is 14.7 Å². The molecule has 1 aliphatic heterocycles. The Morgan fingerprint density at radius 1 is 1.22 bits per heavy atom. The molecule has 0 fully saturated rings. The second-order valence-corrected chi connectivity index (χ2v) is 7.19. The van der Waals surface area contributed by atoms with Crippen LogP contribution in [-0.4, -0.2) is 29.7 Å². The van der Waals surface area contributed by atoms with Gasteiger partial charge in [-0.2, -0.15) is 5.10 Å². The van der Waals surface area contributed by atoms with Gasteiger partial charge in [0.25, 0.3) is 0 Å². The molecule has 2 aromatic rings. The van der Waals surface area contributed by atoms with E-state index in [1.807, 2.05) is 24.3 Å². The molecule has 2 amide bonds. The summed E-state index contributed by atoms with van der Waals surface area (Å²) in [5.74, 6) is -0.347. The second-order valence-electron chi connectivity index (χ2n) is 6.27. The molecule has 0 unspecified atom stereocenters. The number of carbonyl (C=O) groups is 2. The molecule has 1 heterocycles. The molecule has 27 heavy (non-hydrogen) atoms. The van der Waals surface area contributed by atoms with E-state index >= 15 is 0 Å². The number of nitrogens with zero attached hydrogens (tertiary/aromatic N) is 2. The third-order valence-electron chi connectivity index (χ3n) is 4.36. The van der Waals surface area contributed by atoms with Gasteiger partial charge in [0.05, 0.1) is 6.21 Å². The molecular weight excluding hydrogens is 410 g/mol. The predicted molar refractivity (Wildman–Crippen MR) is 108 cm³/mol. The Labute approximate surface area is 166 Å². The van der Waals surface area contributed by atoms with Crippen molar-refractivity contribution in [3.05, 3.63) is 58.1 Å². The number of aromatic hydroxyl groups is 1. The van der Waals surface area contributed by atoms with E-state index in [-0.39, 0.29) is 30.4 Å². The highest BCUT2D eigenvalue weighted by Gasteiger charge is 2.22. The predicted octanol–water partition coefficient (Wildman–Crippen LogP) is 3.36. The Balaban J connectivity index is 1.52. The van der Waals surface area contributed by atoms with E-state index in [4.69, 9.17) is 0 Å². The number of phenolic OH excluding ortho intramolecular Hbond substituents is 1. The summed E-state index contributed by atoms with van der Waals surface area (Å²) in [7, 11) is 0. The minimum Gasteiger partial charge on any atom is -0.507 e. The van der Waals surface area contributed by atoms with Crippen molar-refractivity contribution in [1.82, 2.24) is 5.43 Å². The summed E-state index contributed by atoms with van der Waals surface area (Å²) in [6, 6.07) is 12.8. The molecule has 140 valence electrons. The number of aryl methyl sites for hydroxylation is 1. The van der Waals surface area contributed by atoms with E-state index in [1.54, 1.807) is 17.0 Å². The average molecular weight is 430 g/mol. The van der Waals surface area contributed by atoms with Crippen LogP contribution in [0.4, 0.5) is 5.69 Å². The van der Waals surface area contributed by atoms with Crippen LogP contribution in [0.2, 0.25) is 0 Å². The van der Waals surface area contributed by atoms with Crippen LogP contribution in [0, 0.1) is 0 Å². The number of hydrogen-bond acceptors (Lipinski definition) is 4. The lowest BCUT2D eigenvalue weighted by molar-refractivity contribution is -0.125. The summed E-state index contributed by atoms with van der Waals surface area (Å²) >= 11 is 3.31. The van der Waals surface area contributed by atoms with E-state index in [1.165, 1.54) is 17.8 Å². The minimum atomic E-state index is -0.348. The number of fused-ring (bicyclic) bond motifs is 1. The average Bonchev–Trinajstić information content (AvgIpc) is 2.68. The number of phenols is 1. The maximum Gasteiger partial charge on any atom is 0.240 e. The van der Waals surface area contributed by atoms with Gasteiger partial charge in [-0.05, 0) is 42.7 Å². The molecule has 0 atom stereocenters. The first-order chi connectivity index (χ1) is 13.0. The van der Waals surface area contributed by atoms with Crippen LogP contribution in [0.5, 0.6) is 5.75 Å². The zero-order valence-electron chi connectivity index (χ0n) is 14.7. The minimum absolute atomic E-state index is 0.0549. The van der Waals surface area contributed by atoms with Crippen molar-refractivity contribution >= 4 is 39.6 Å². The third kappa shape index (κ3) is 4.95. The van der Waals surface area contributed by atoms with Crippen LogP contribution in [0.15, 0.2) is 52.0 Å². The number of anilines is 1. The van der Waals surface area contributed by atoms with Gasteiger partial charge in [-0.25, -0.2) is 5.43 Å². The third-order valence-corrected chi connectivity index (χ3v) is 4.85. The van der Waals surface area contributed by atoms with Crippen LogP contribution in [0.1, 0.15) is 30.4 Å². The van der Waals surface area contributed by atoms with E-state index in [0.29, 0.717) is 12.1 Å². The molecule has 6 nitrogen and oxygen atoms in total. The lowest BCUT2D eigenvalue weighted by Crippen LogP contribution is -2.36. The number of halogens is 1. The summed E-state index contributed by atoms with van der Waals surface area (Å²) in [6.45, 7) is 0.678. The van der Waals surface area contributed by atoms with Gasteiger partial charge in [-0.3, -0.25) is 9.59 Å². The SMILES string of the molecule is O=C(CCC(=O)N1CCCc2ccccc21)NN=Cc1cc(Br)ccc1O. The number of benzene rings is 2. The van der Waals surface area contributed by atoms with E-state index < -0.39 is 0 Å². The van der Waals surface area contributed by atoms with E-state index in [2.05, 4.69) is 26.5 Å². The lowest BCUT2D eigenvalue weighted by atomic mass is 10.0. The van der Waals surface area contributed by atoms with Crippen LogP contribution >= 0.6 is 15.9 Å². The molecule has 3 rings (SSSR count). The molecule has 7 heteroatoms. The van der Waals surface area contributed by atoms with Crippen molar-refractivity contribution in [2.75, 3.05) is 11.4 Å². The molecule has 0 saturated heterocycles. The Hall–Kier alpha value is -2.67. The number of rotatable bonds is 5. The van der Waals surface area contributed by atoms with Crippen LogP contribution in [0.3, 0.4) is 0 Å². The Kier molecular flexibility index (Phi) is 6.24. The smallest absolute Gasteiger partial charge is 0.240 e. The van der Waals surface area contributed by atoms with Gasteiger partial charge >= 0.3 is 0 Å². The highest BCUT2D eigenvalue weighted by atomic mass is 79.9. The Bertz CT molecular complexity index is 883. The molecule has 0 bridgehead atoms. The van der Waals surface area contributed by atoms with Gasteiger partial charge in [0.2, 0.25) is 11.8 Å². The Morgan fingerprint density at radius 2 is 2.04 bits per heavy atom. The molecule has 2 aromatic carbocycles. The fraction of sp³-hybridized carbons (Fsp3) is 0.250. The van der Waals surface area contributed by atoms with Gasteiger partial charge < -0.3 is 10.0 Å². The topological polar surface area (TPSA) is 82.0 Å². The maximum absolute atomic E-state index is 12.5. The van der Waals surface area contributed by atoms with Crippen LogP contribution in [0.25, 0.3) is 0 Å². The summed E-state index contributed by atoms with van der Waals surface area (Å²) in [5.41, 5.74) is 4.97. The van der Waals surface area contributed by atoms with Gasteiger partial charge in [0.1, 0.15) is 5.75 Å². The molecule has 0 saturated carbocycles. The normalized spacial score (nSPS) is 13.4. The van der Waals surface area contributed by atoms with Gasteiger partial charge in [0, 0.05) is 35.1 Å². The van der Waals surface area contributed by atoms with E-state index in [9.17, 15) is 14.7 Å². The largest absolute Gasteiger partial charge is 0.507 e. The fourth-order valence-corrected chi connectivity index (χ4v) is 3.39. The molecule has 1 aliphatic rings. The monoisotopic (exact) mass is 429 g/mol. The highest BCUT2D eigenvalue weighted by molar-refractivity contribution is 9.10. The van der Waals surface area contributed by atoms with Crippen molar-refractivity contribution in [3.63, 3.8) is 0 Å². The number of hydrazone groups is 1. The zero-order valence-corrected chi connectivity index (χ0v) is 16.3. The van der Waals surface area contributed by atoms with Gasteiger partial charge in [0.15, 0.2) is 0 Å². The standard InChI is InChI=1S/C20H20BrN3O3/c21-16-7-8-18(25)15(12-16)13-22-23-19(26)9-10-20(27)24-11-3-5-14-4-1-2-6-17(14)24/h1-2,4,6-8,12-13,25H,3,5,9-11H2,(H,23,26). The summed E-state index contributed by atoms with van der Waals surface area (Å²) in [6.07, 6.45) is 3.44. The molecular formula is C20H20BrN3O3. The van der Waals surface area contributed by atoms with Crippen molar-refractivity contribution in [2.24, 2.45) is 5.10 Å². The summed E-state index contributed by atoms with van der Waals surface area (Å²) in [5, 5.41) is 13.6. The van der Waals surface area contributed by atoms with Crippen LogP contribution in [-0.2, 0) is 16.0 Å². The summed E-state index contributed by atoms with van der Waals surface area (Å²) < 4.78 is 0.792. The number of amides is 2. The molecule has 0 aromatic heterocycles. The first-order valence-corrected chi connectivity index (χ1v) is 9.52. The number of carbonyl (C=O) groups excluding carboxylic acids is 2. The number of para-hydroxylation sites is 1. The number of hydrogen-bond donors (Lipinski definition) is 2. The van der Waals surface area contributed by atoms with Gasteiger partial charge in [-0.15, -0.1) is 0 Å². The lowest BCUT2D eigenvalue weighted by Gasteiger charge is -2.29. The van der Waals surface area contributed by atoms with Gasteiger partial charge in [-0.1, -0.05) is 34.1 Å². The van der Waals surface area contributed by atoms with Crippen molar-refractivity contribution in [1.29, 1.82) is 0 Å². The second kappa shape index (κ2) is 8.81. The van der Waals surface area contributed by atoms with Crippen molar-refractivity contribution in [3.8, 4) is 5.75 Å². The van der Waals surface area contributed by atoms with Crippen LogP contribution < -0.4 is 10.3 Å². The Morgan fingerprint density at radius 3 is 2.89 bits per heavy atom. The zero-order chi connectivity index (χ0) is 19.2. The maximum atomic E-state index is 12.5. The molecule has 0 radical (unpaired) electrons. The number of nitrogens with one attached hydrogen (secondary N) is 1. The van der Waals surface area contributed by atoms with Crippen molar-refractivity contribution in [2.45, 2.75) is 25.7 Å². The summed E-state index contributed by atoms with van der Waals surface area (Å²) in [4.78, 5) is 26.2. The first kappa shape index (κ1) is 19.1. The molecule has 0 aliphatic carbocycles. The molecule has 2 N–H and O–H groups in total. The fourth-order valence-electron chi connectivity index (χ4n) is 3.01. The molecule has 0 spiro atoms. The van der Waals surface area contributed by atoms with E-state index in [0.717, 1.165) is 23.0 Å². The highest BCUT2D eigenvalue weighted by Crippen LogP contribution is 2.27. The first-order valence-electron chi connectivity index (χ1n) is 8.73. The quantitative estimate of drug-likeness (QED) is 0.564.